The Kier molecular flexibility index (Phi) is 4.43. The van der Waals surface area contributed by atoms with Crippen molar-refractivity contribution < 1.29 is 5.11 Å². The average Bonchev–Trinajstić information content (AvgIpc) is 2.15. The molecule has 1 aliphatic heterocycles. The van der Waals surface area contributed by atoms with Gasteiger partial charge in [0.25, 0.3) is 0 Å². The van der Waals surface area contributed by atoms with Gasteiger partial charge in [-0.2, -0.15) is 0 Å². The van der Waals surface area contributed by atoms with Crippen LogP contribution in [0, 0.1) is 0 Å². The van der Waals surface area contributed by atoms with Gasteiger partial charge in [-0.3, -0.25) is 0 Å². The number of hydrogen-bond donors (Lipinski definition) is 2. The van der Waals surface area contributed by atoms with E-state index in [1.165, 1.54) is 0 Å². The van der Waals surface area contributed by atoms with Gasteiger partial charge in [0.1, 0.15) is 0 Å². The third-order valence-electron chi connectivity index (χ3n) is 1.74. The fourth-order valence-electron chi connectivity index (χ4n) is 1.04. The topological polar surface area (TPSA) is 32.3 Å². The summed E-state index contributed by atoms with van der Waals surface area (Å²) in [5.41, 5.74) is 0. The number of thioether (sulfide) groups is 1. The van der Waals surface area contributed by atoms with E-state index < -0.39 is 0 Å². The van der Waals surface area contributed by atoms with E-state index in [1.807, 2.05) is 19.2 Å². The van der Waals surface area contributed by atoms with Crippen LogP contribution in [0.4, 0.5) is 0 Å². The summed E-state index contributed by atoms with van der Waals surface area (Å²) in [7, 11) is 1.90. The monoisotopic (exact) mass is 185 g/mol. The Labute approximate surface area is 77.7 Å². The van der Waals surface area contributed by atoms with E-state index in [9.17, 15) is 5.11 Å². The summed E-state index contributed by atoms with van der Waals surface area (Å²) >= 11 is 1.72. The molecule has 0 spiro atoms. The van der Waals surface area contributed by atoms with Gasteiger partial charge in [0.2, 0.25) is 0 Å². The van der Waals surface area contributed by atoms with Crippen LogP contribution in [0.25, 0.3) is 0 Å². The molecule has 0 unspecified atom stereocenters. The van der Waals surface area contributed by atoms with Gasteiger partial charge in [0.05, 0.1) is 6.10 Å². The Bertz CT molecular complexity index is 189. The van der Waals surface area contributed by atoms with Gasteiger partial charge in [-0.1, -0.05) is 18.2 Å². The predicted molar refractivity (Wildman–Crippen MR) is 54.2 cm³/mol. The van der Waals surface area contributed by atoms with Crippen LogP contribution in [0.3, 0.4) is 0 Å². The van der Waals surface area contributed by atoms with E-state index in [-0.39, 0.29) is 6.10 Å². The van der Waals surface area contributed by atoms with Crippen molar-refractivity contribution in [3.63, 3.8) is 0 Å². The number of hydrogen-bond acceptors (Lipinski definition) is 3. The molecule has 0 saturated heterocycles. The van der Waals surface area contributed by atoms with Gasteiger partial charge in [0.15, 0.2) is 0 Å². The van der Waals surface area contributed by atoms with E-state index >= 15 is 0 Å². The largest absolute Gasteiger partial charge is 0.388 e. The summed E-state index contributed by atoms with van der Waals surface area (Å²) in [6.07, 6.45) is 6.61. The molecule has 1 aliphatic rings. The minimum Gasteiger partial charge on any atom is -0.388 e. The lowest BCUT2D eigenvalue weighted by Gasteiger charge is -2.15. The zero-order valence-electron chi connectivity index (χ0n) is 7.29. The van der Waals surface area contributed by atoms with Gasteiger partial charge in [0, 0.05) is 10.7 Å². The highest BCUT2D eigenvalue weighted by molar-refractivity contribution is 8.03. The van der Waals surface area contributed by atoms with Crippen molar-refractivity contribution in [1.29, 1.82) is 0 Å². The highest BCUT2D eigenvalue weighted by Crippen LogP contribution is 2.24. The van der Waals surface area contributed by atoms with Crippen molar-refractivity contribution >= 4 is 11.8 Å². The zero-order chi connectivity index (χ0) is 8.81. The van der Waals surface area contributed by atoms with Crippen molar-refractivity contribution in [2.24, 2.45) is 0 Å². The first-order valence-electron chi connectivity index (χ1n) is 4.17. The Balaban J connectivity index is 2.35. The maximum atomic E-state index is 9.64. The second-order valence-electron chi connectivity index (χ2n) is 2.72. The Morgan fingerprint density at radius 1 is 1.75 bits per heavy atom. The van der Waals surface area contributed by atoms with Crippen LogP contribution in [-0.4, -0.2) is 30.6 Å². The molecule has 1 rings (SSSR count). The Hall–Kier alpha value is -0.250. The van der Waals surface area contributed by atoms with Crippen LogP contribution < -0.4 is 5.32 Å². The third kappa shape index (κ3) is 3.01. The number of aliphatic hydroxyl groups is 1. The quantitative estimate of drug-likeness (QED) is 0.689. The molecule has 0 aliphatic carbocycles. The van der Waals surface area contributed by atoms with E-state index in [1.54, 1.807) is 11.8 Å². The molecule has 2 nitrogen and oxygen atoms in total. The number of nitrogens with one attached hydrogen (secondary N) is 1. The molecule has 0 aromatic carbocycles. The molecular formula is C9H15NOS. The Morgan fingerprint density at radius 2 is 2.58 bits per heavy atom. The zero-order valence-corrected chi connectivity index (χ0v) is 8.10. The molecule has 0 bridgehead atoms. The van der Waals surface area contributed by atoms with Crippen LogP contribution in [0.15, 0.2) is 23.1 Å². The van der Waals surface area contributed by atoms with E-state index in [0.717, 1.165) is 23.6 Å². The standard InChI is InChI=1S/C9H15NOS/c1-10-6-5-8(11)9-4-2-3-7-12-9/h2-4,8,10-11H,5-7H2,1H3/t8-/m0/s1. The lowest BCUT2D eigenvalue weighted by Crippen LogP contribution is -2.18. The summed E-state index contributed by atoms with van der Waals surface area (Å²) in [5, 5.41) is 12.7. The second-order valence-corrected chi connectivity index (χ2v) is 3.81. The van der Waals surface area contributed by atoms with Crippen LogP contribution in [0.1, 0.15) is 6.42 Å². The molecule has 0 aromatic heterocycles. The summed E-state index contributed by atoms with van der Waals surface area (Å²) in [4.78, 5) is 1.09. The first-order chi connectivity index (χ1) is 5.84. The molecule has 0 amide bonds. The minimum atomic E-state index is -0.285. The minimum absolute atomic E-state index is 0.285. The molecule has 0 radical (unpaired) electrons. The fraction of sp³-hybridized carbons (Fsp3) is 0.556. The first-order valence-corrected chi connectivity index (χ1v) is 5.15. The van der Waals surface area contributed by atoms with E-state index in [4.69, 9.17) is 0 Å². The average molecular weight is 185 g/mol. The molecule has 0 fully saturated rings. The van der Waals surface area contributed by atoms with Crippen LogP contribution >= 0.6 is 11.8 Å². The molecular weight excluding hydrogens is 170 g/mol. The summed E-state index contributed by atoms with van der Waals surface area (Å²) in [6.45, 7) is 0.864. The van der Waals surface area contributed by atoms with Crippen LogP contribution in [-0.2, 0) is 0 Å². The molecule has 3 heteroatoms. The lowest BCUT2D eigenvalue weighted by molar-refractivity contribution is 0.209. The normalized spacial score (nSPS) is 19.0. The molecule has 0 saturated carbocycles. The SMILES string of the molecule is CNCC[C@H](O)C1=CC=CCS1. The first kappa shape index (κ1) is 9.84. The fourth-order valence-corrected chi connectivity index (χ4v) is 1.93. The summed E-state index contributed by atoms with van der Waals surface area (Å²) in [5.74, 6) is 0.989. The highest BCUT2D eigenvalue weighted by Gasteiger charge is 2.10. The van der Waals surface area contributed by atoms with Crippen LogP contribution in [0.2, 0.25) is 0 Å². The van der Waals surface area contributed by atoms with E-state index in [0.29, 0.717) is 0 Å². The Morgan fingerprint density at radius 3 is 3.17 bits per heavy atom. The van der Waals surface area contributed by atoms with Crippen molar-refractivity contribution in [2.45, 2.75) is 12.5 Å². The smallest absolute Gasteiger partial charge is 0.0860 e. The predicted octanol–water partition coefficient (Wildman–Crippen LogP) is 1.14. The van der Waals surface area contributed by atoms with Crippen LogP contribution in [0.5, 0.6) is 0 Å². The van der Waals surface area contributed by atoms with Crippen molar-refractivity contribution in [3.05, 3.63) is 23.1 Å². The third-order valence-corrected chi connectivity index (χ3v) is 2.84. The molecule has 2 N–H and O–H groups in total. The van der Waals surface area contributed by atoms with E-state index in [2.05, 4.69) is 11.4 Å². The molecule has 12 heavy (non-hydrogen) atoms. The second kappa shape index (κ2) is 5.41. The van der Waals surface area contributed by atoms with Crippen molar-refractivity contribution in [2.75, 3.05) is 19.3 Å². The maximum absolute atomic E-state index is 9.64. The van der Waals surface area contributed by atoms with Crippen molar-refractivity contribution in [1.82, 2.24) is 5.32 Å². The number of allylic oxidation sites excluding steroid dienone is 2. The van der Waals surface area contributed by atoms with Crippen molar-refractivity contribution in [3.8, 4) is 0 Å². The molecule has 1 heterocycles. The van der Waals surface area contributed by atoms with Gasteiger partial charge < -0.3 is 10.4 Å². The number of aliphatic hydroxyl groups excluding tert-OH is 1. The van der Waals surface area contributed by atoms with Gasteiger partial charge >= 0.3 is 0 Å². The highest BCUT2D eigenvalue weighted by atomic mass is 32.2. The number of rotatable bonds is 4. The molecule has 1 atom stereocenters. The maximum Gasteiger partial charge on any atom is 0.0860 e. The van der Waals surface area contributed by atoms with Gasteiger partial charge in [-0.25, -0.2) is 0 Å². The van der Waals surface area contributed by atoms with Gasteiger partial charge in [-0.05, 0) is 20.0 Å². The summed E-state index contributed by atoms with van der Waals surface area (Å²) < 4.78 is 0. The lowest BCUT2D eigenvalue weighted by atomic mass is 10.2. The van der Waals surface area contributed by atoms with Gasteiger partial charge in [-0.15, -0.1) is 11.8 Å². The molecule has 68 valence electrons. The molecule has 0 aromatic rings. The summed E-state index contributed by atoms with van der Waals surface area (Å²) in [6, 6.07) is 0.